The zero-order valence-electron chi connectivity index (χ0n) is 58.8. The van der Waals surface area contributed by atoms with E-state index in [1.807, 2.05) is 68.3 Å². The van der Waals surface area contributed by atoms with E-state index in [9.17, 15) is 38.4 Å². The second-order valence-corrected chi connectivity index (χ2v) is 24.5. The van der Waals surface area contributed by atoms with Crippen molar-refractivity contribution in [2.24, 2.45) is 17.8 Å². The Morgan fingerprint density at radius 2 is 1.21 bits per heavy atom. The molecule has 95 heavy (non-hydrogen) atoms. The highest BCUT2D eigenvalue weighted by Crippen LogP contribution is 2.29. The van der Waals surface area contributed by atoms with E-state index in [0.717, 1.165) is 42.0 Å². The van der Waals surface area contributed by atoms with Crippen LogP contribution in [0.1, 0.15) is 117 Å². The third-order valence-electron chi connectivity index (χ3n) is 15.6. The standard InChI is InChI=1S/C53H94N6O17.C12H12N2OS.C3H8/c1-11-41(6)51(43(67-9)37-48(64)58-19-12-13-42(58)52(68-10)40(4)5)57(8)49(65)38-55-53(66)50(39(2)3)56(7)45(61)17-21-69-23-25-71-27-29-73-31-33-75-35-36-76-34-32-74-30-28-72-26-24-70-22-18-54-44(60)16-20-59-46(62)14-15-47(59)63;15-9-14-11(12-13-6-7-16-12)8-10-4-2-1-3-5-10;1-3-2/h14-15,39-43,50-52H,11-13,16-38H2,1-10H3,(H,54,60)(H,55,66);1-7,9,11H,8H2,(H,14,15);3H2,1-2H3. The van der Waals surface area contributed by atoms with Crippen molar-refractivity contribution in [2.75, 3.05) is 160 Å². The van der Waals surface area contributed by atoms with Gasteiger partial charge in [-0.25, -0.2) is 4.98 Å². The topological polar surface area (TPSA) is 291 Å². The Morgan fingerprint density at radius 3 is 1.67 bits per heavy atom. The minimum atomic E-state index is -0.814. The normalized spacial score (nSPS) is 15.5. The summed E-state index contributed by atoms with van der Waals surface area (Å²) >= 11 is 1.56. The highest BCUT2D eigenvalue weighted by atomic mass is 32.1. The van der Waals surface area contributed by atoms with E-state index in [2.05, 4.69) is 48.6 Å². The fraction of sp³-hybridized carbons (Fsp3) is 0.721. The third-order valence-corrected chi connectivity index (χ3v) is 16.5. The number of carbonyl (C=O) groups excluding carboxylic acids is 8. The SMILES string of the molecule is CCC.CCC(C)C(C(CC(=O)N1CCCC1C(OC)C(C)C)OC)N(C)C(=O)CNC(=O)C(C(C)C)N(C)C(=O)CCOCCOCCOCCOCCOCCOCCOCCOCCNC(=O)CCN1C(=O)C=CC1=O.O=CNC(Cc1ccccc1)c1nccs1. The van der Waals surface area contributed by atoms with E-state index >= 15 is 0 Å². The van der Waals surface area contributed by atoms with Gasteiger partial charge in [0.15, 0.2) is 0 Å². The van der Waals surface area contributed by atoms with Crippen molar-refractivity contribution in [3.63, 3.8) is 0 Å². The van der Waals surface area contributed by atoms with Crippen molar-refractivity contribution in [1.29, 1.82) is 0 Å². The Balaban J connectivity index is 0.00000137. The number of likely N-dealkylation sites (N-methyl/N-ethyl adjacent to an activating group) is 2. The van der Waals surface area contributed by atoms with Crippen LogP contribution in [0.2, 0.25) is 0 Å². The largest absolute Gasteiger partial charge is 0.379 e. The van der Waals surface area contributed by atoms with Crippen molar-refractivity contribution in [3.05, 3.63) is 64.6 Å². The quantitative estimate of drug-likeness (QED) is 0.0443. The van der Waals surface area contributed by atoms with Crippen molar-refractivity contribution in [2.45, 2.75) is 143 Å². The Labute approximate surface area is 568 Å². The van der Waals surface area contributed by atoms with Gasteiger partial charge in [-0.15, -0.1) is 11.3 Å². The maximum Gasteiger partial charge on any atom is 0.253 e. The number of hydrogen-bond donors (Lipinski definition) is 3. The summed E-state index contributed by atoms with van der Waals surface area (Å²) in [6.07, 6.45) is 8.97. The molecular formula is C68H114N8O18S. The van der Waals surface area contributed by atoms with Crippen LogP contribution in [0.25, 0.3) is 0 Å². The third kappa shape index (κ3) is 34.8. The fourth-order valence-corrected chi connectivity index (χ4v) is 11.3. The van der Waals surface area contributed by atoms with E-state index in [1.54, 1.807) is 50.7 Å². The van der Waals surface area contributed by atoms with Gasteiger partial charge in [0.25, 0.3) is 11.8 Å². The van der Waals surface area contributed by atoms with E-state index < -0.39 is 35.9 Å². The number of benzene rings is 1. The van der Waals surface area contributed by atoms with Gasteiger partial charge < -0.3 is 78.0 Å². The van der Waals surface area contributed by atoms with Crippen LogP contribution in [0.15, 0.2) is 54.1 Å². The minimum Gasteiger partial charge on any atom is -0.379 e. The van der Waals surface area contributed by atoms with Crippen molar-refractivity contribution < 1.29 is 85.7 Å². The summed E-state index contributed by atoms with van der Waals surface area (Å²) in [6, 6.07) is 8.79. The molecule has 4 rings (SSSR count). The number of nitrogens with zero attached hydrogens (tertiary/aromatic N) is 5. The molecule has 540 valence electrons. The zero-order chi connectivity index (χ0) is 70.2. The van der Waals surface area contributed by atoms with E-state index in [4.69, 9.17) is 47.4 Å². The number of carbonyl (C=O) groups is 8. The summed E-state index contributed by atoms with van der Waals surface area (Å²) in [5, 5.41) is 11.1. The highest BCUT2D eigenvalue weighted by Gasteiger charge is 2.40. The lowest BCUT2D eigenvalue weighted by Crippen LogP contribution is -2.55. The zero-order valence-corrected chi connectivity index (χ0v) is 59.6. The smallest absolute Gasteiger partial charge is 0.253 e. The summed E-state index contributed by atoms with van der Waals surface area (Å²) in [5.41, 5.74) is 1.19. The molecule has 0 spiro atoms. The molecule has 1 fully saturated rings. The number of rotatable bonds is 50. The lowest BCUT2D eigenvalue weighted by Gasteiger charge is -2.39. The Hall–Kier alpha value is -5.85. The number of thiazole rings is 1. The van der Waals surface area contributed by atoms with Gasteiger partial charge >= 0.3 is 0 Å². The number of likely N-dealkylation sites (tertiary alicyclic amines) is 1. The van der Waals surface area contributed by atoms with Crippen LogP contribution in [-0.4, -0.2) is 263 Å². The minimum absolute atomic E-state index is 0.00507. The van der Waals surface area contributed by atoms with Gasteiger partial charge in [-0.05, 0) is 42.6 Å². The molecule has 0 saturated carbocycles. The predicted octanol–water partition coefficient (Wildman–Crippen LogP) is 5.07. The molecule has 2 aromatic rings. The number of aromatic nitrogens is 1. The molecule has 7 atom stereocenters. The van der Waals surface area contributed by atoms with E-state index in [0.29, 0.717) is 106 Å². The highest BCUT2D eigenvalue weighted by molar-refractivity contribution is 7.09. The van der Waals surface area contributed by atoms with E-state index in [1.165, 1.54) is 29.0 Å². The summed E-state index contributed by atoms with van der Waals surface area (Å²) in [7, 11) is 6.51. The summed E-state index contributed by atoms with van der Waals surface area (Å²) in [4.78, 5) is 110. The van der Waals surface area contributed by atoms with E-state index in [-0.39, 0.29) is 105 Å². The molecule has 1 aromatic carbocycles. The first-order chi connectivity index (χ1) is 45.8. The number of hydrogen-bond acceptors (Lipinski definition) is 20. The van der Waals surface area contributed by atoms with Gasteiger partial charge in [0, 0.05) is 78.1 Å². The van der Waals surface area contributed by atoms with Gasteiger partial charge in [0.05, 0.1) is 155 Å². The average molecular weight is 1360 g/mol. The molecule has 0 aliphatic carbocycles. The first-order valence-electron chi connectivity index (χ1n) is 33.5. The molecule has 1 aromatic heterocycles. The van der Waals surface area contributed by atoms with Gasteiger partial charge in [-0.1, -0.05) is 98.6 Å². The Bertz CT molecular complexity index is 2430. The molecule has 26 nitrogen and oxygen atoms in total. The number of ether oxygens (including phenoxy) is 10. The van der Waals surface area contributed by atoms with Crippen LogP contribution in [0.5, 0.6) is 0 Å². The van der Waals surface area contributed by atoms with Gasteiger partial charge in [0.1, 0.15) is 11.0 Å². The molecule has 0 bridgehead atoms. The van der Waals surface area contributed by atoms with Crippen LogP contribution >= 0.6 is 11.3 Å². The van der Waals surface area contributed by atoms with Crippen LogP contribution < -0.4 is 16.0 Å². The lowest BCUT2D eigenvalue weighted by atomic mass is 9.90. The van der Waals surface area contributed by atoms with Gasteiger partial charge in [-0.3, -0.25) is 43.3 Å². The number of amides is 8. The van der Waals surface area contributed by atoms with Crippen LogP contribution in [0, 0.1) is 17.8 Å². The maximum atomic E-state index is 13.8. The molecule has 3 N–H and O–H groups in total. The monoisotopic (exact) mass is 1360 g/mol. The Kier molecular flexibility index (Phi) is 46.9. The molecule has 2 aliphatic rings. The second kappa shape index (κ2) is 52.3. The number of methoxy groups -OCH3 is 2. The first kappa shape index (κ1) is 85.2. The first-order valence-corrected chi connectivity index (χ1v) is 34.4. The lowest BCUT2D eigenvalue weighted by molar-refractivity contribution is -0.145. The Morgan fingerprint density at radius 1 is 0.684 bits per heavy atom. The van der Waals surface area contributed by atoms with Gasteiger partial charge in [-0.2, -0.15) is 0 Å². The van der Waals surface area contributed by atoms with Crippen molar-refractivity contribution in [3.8, 4) is 0 Å². The van der Waals surface area contributed by atoms with Crippen LogP contribution in [0.3, 0.4) is 0 Å². The fourth-order valence-electron chi connectivity index (χ4n) is 10.6. The van der Waals surface area contributed by atoms with Crippen molar-refractivity contribution in [1.82, 2.24) is 40.5 Å². The average Bonchev–Trinajstić information content (AvgIpc) is 1.83. The predicted molar refractivity (Wildman–Crippen MR) is 361 cm³/mol. The number of imide groups is 1. The molecule has 27 heteroatoms. The molecule has 1 saturated heterocycles. The molecule has 7 unspecified atom stereocenters. The molecule has 3 heterocycles. The molecule has 8 amide bonds. The molecule has 2 aliphatic heterocycles. The molecule has 0 radical (unpaired) electrons. The summed E-state index contributed by atoms with van der Waals surface area (Å²) < 4.78 is 55.8. The number of nitrogens with one attached hydrogen (secondary N) is 3. The summed E-state index contributed by atoms with van der Waals surface area (Å²) in [6.45, 7) is 22.8. The van der Waals surface area contributed by atoms with Crippen LogP contribution in [0.4, 0.5) is 0 Å². The molecular weight excluding hydrogens is 1250 g/mol. The van der Waals surface area contributed by atoms with Crippen molar-refractivity contribution >= 4 is 59.1 Å². The van der Waals surface area contributed by atoms with Gasteiger partial charge in [0.2, 0.25) is 35.9 Å². The second-order valence-electron chi connectivity index (χ2n) is 23.5. The maximum absolute atomic E-state index is 13.8. The van der Waals surface area contributed by atoms with Crippen LogP contribution in [-0.2, 0) is 92.1 Å². The summed E-state index contributed by atoms with van der Waals surface area (Å²) in [5.74, 6) is -2.15.